The standard InChI is InChI=1S/C33H36N2O3S/c1-25-14-16-26(17-15-25)22-34-33(36)30-20-18-28(19-21-30)24-35(23-27-8-3-2-4-9-27)39(37,38)32-13-7-11-29-10-5-6-12-31(29)32/h2-17,28,30H,18-24H2,1H3,(H,34,36). The van der Waals surface area contributed by atoms with Gasteiger partial charge in [-0.2, -0.15) is 4.31 Å². The van der Waals surface area contributed by atoms with Gasteiger partial charge in [-0.25, -0.2) is 8.42 Å². The number of carbonyl (C=O) groups excluding carboxylic acids is 1. The van der Waals surface area contributed by atoms with E-state index in [-0.39, 0.29) is 17.7 Å². The number of nitrogens with one attached hydrogen (secondary N) is 1. The lowest BCUT2D eigenvalue weighted by Crippen LogP contribution is -2.38. The molecule has 1 aliphatic rings. The highest BCUT2D eigenvalue weighted by molar-refractivity contribution is 7.89. The van der Waals surface area contributed by atoms with Crippen LogP contribution < -0.4 is 5.32 Å². The van der Waals surface area contributed by atoms with Gasteiger partial charge in [-0.05, 0) is 61.1 Å². The van der Waals surface area contributed by atoms with Crippen LogP contribution in [-0.2, 0) is 27.9 Å². The van der Waals surface area contributed by atoms with Gasteiger partial charge in [-0.1, -0.05) is 96.6 Å². The minimum absolute atomic E-state index is 0.0241. The molecule has 1 saturated carbocycles. The lowest BCUT2D eigenvalue weighted by Gasteiger charge is -2.32. The Morgan fingerprint density at radius 2 is 1.46 bits per heavy atom. The van der Waals surface area contributed by atoms with Crippen molar-refractivity contribution in [1.82, 2.24) is 9.62 Å². The van der Waals surface area contributed by atoms with Crippen LogP contribution in [-0.4, -0.2) is 25.2 Å². The molecule has 1 amide bonds. The van der Waals surface area contributed by atoms with Crippen LogP contribution in [0.25, 0.3) is 10.8 Å². The Morgan fingerprint density at radius 1 is 0.795 bits per heavy atom. The molecule has 4 aromatic carbocycles. The molecule has 0 aliphatic heterocycles. The van der Waals surface area contributed by atoms with Crippen LogP contribution >= 0.6 is 0 Å². The van der Waals surface area contributed by atoms with Crippen LogP contribution in [0.15, 0.2) is 102 Å². The van der Waals surface area contributed by atoms with E-state index in [1.54, 1.807) is 10.4 Å². The van der Waals surface area contributed by atoms with E-state index in [9.17, 15) is 13.2 Å². The summed E-state index contributed by atoms with van der Waals surface area (Å²) in [6.45, 7) is 3.35. The van der Waals surface area contributed by atoms with Gasteiger partial charge in [0.05, 0.1) is 4.90 Å². The summed E-state index contributed by atoms with van der Waals surface area (Å²) in [4.78, 5) is 13.2. The van der Waals surface area contributed by atoms with E-state index in [0.717, 1.165) is 47.6 Å². The van der Waals surface area contributed by atoms with E-state index >= 15 is 0 Å². The van der Waals surface area contributed by atoms with Crippen molar-refractivity contribution in [3.8, 4) is 0 Å². The van der Waals surface area contributed by atoms with Crippen LogP contribution in [0.3, 0.4) is 0 Å². The molecule has 4 aromatic rings. The van der Waals surface area contributed by atoms with Crippen LogP contribution in [0, 0.1) is 18.8 Å². The van der Waals surface area contributed by atoms with Gasteiger partial charge in [0.15, 0.2) is 0 Å². The van der Waals surface area contributed by atoms with Gasteiger partial charge in [0, 0.05) is 30.9 Å². The number of nitrogens with zero attached hydrogens (tertiary/aromatic N) is 1. The first kappa shape index (κ1) is 27.1. The molecular formula is C33H36N2O3S. The maximum atomic E-state index is 14.1. The molecule has 6 heteroatoms. The summed E-state index contributed by atoms with van der Waals surface area (Å²) in [6, 6.07) is 31.1. The highest BCUT2D eigenvalue weighted by Gasteiger charge is 2.32. The first-order chi connectivity index (χ1) is 18.9. The molecule has 5 nitrogen and oxygen atoms in total. The Kier molecular flexibility index (Phi) is 8.44. The van der Waals surface area contributed by atoms with E-state index in [1.807, 2.05) is 78.9 Å². The number of amides is 1. The fourth-order valence-corrected chi connectivity index (χ4v) is 7.25. The molecule has 0 unspecified atom stereocenters. The molecule has 0 atom stereocenters. The van der Waals surface area contributed by atoms with E-state index in [1.165, 1.54) is 5.56 Å². The second-order valence-corrected chi connectivity index (χ2v) is 12.6. The summed E-state index contributed by atoms with van der Waals surface area (Å²) in [7, 11) is -3.74. The van der Waals surface area contributed by atoms with Crippen molar-refractivity contribution >= 4 is 26.7 Å². The number of fused-ring (bicyclic) bond motifs is 1. The van der Waals surface area contributed by atoms with Gasteiger partial charge in [0.25, 0.3) is 0 Å². The summed E-state index contributed by atoms with van der Waals surface area (Å²) in [5.74, 6) is 0.280. The average molecular weight is 541 g/mol. The minimum Gasteiger partial charge on any atom is -0.352 e. The molecule has 1 fully saturated rings. The van der Waals surface area contributed by atoms with Gasteiger partial charge in [-0.15, -0.1) is 0 Å². The molecular weight excluding hydrogens is 504 g/mol. The van der Waals surface area contributed by atoms with Gasteiger partial charge in [-0.3, -0.25) is 4.79 Å². The normalized spacial score (nSPS) is 17.8. The molecule has 0 radical (unpaired) electrons. The minimum atomic E-state index is -3.74. The number of rotatable bonds is 9. The maximum absolute atomic E-state index is 14.1. The molecule has 5 rings (SSSR count). The second kappa shape index (κ2) is 12.1. The van der Waals surface area contributed by atoms with Crippen LogP contribution in [0.5, 0.6) is 0 Å². The zero-order valence-corrected chi connectivity index (χ0v) is 23.2. The Morgan fingerprint density at radius 3 is 2.21 bits per heavy atom. The predicted molar refractivity (Wildman–Crippen MR) is 156 cm³/mol. The molecule has 0 bridgehead atoms. The summed E-state index contributed by atoms with van der Waals surface area (Å²) in [6.07, 6.45) is 3.22. The quantitative estimate of drug-likeness (QED) is 0.265. The van der Waals surface area contributed by atoms with Crippen molar-refractivity contribution in [3.63, 3.8) is 0 Å². The van der Waals surface area contributed by atoms with Crippen molar-refractivity contribution in [2.24, 2.45) is 11.8 Å². The van der Waals surface area contributed by atoms with E-state index in [0.29, 0.717) is 24.5 Å². The summed E-state index contributed by atoms with van der Waals surface area (Å²) >= 11 is 0. The number of hydrogen-bond acceptors (Lipinski definition) is 3. The molecule has 39 heavy (non-hydrogen) atoms. The van der Waals surface area contributed by atoms with Crippen LogP contribution in [0.2, 0.25) is 0 Å². The monoisotopic (exact) mass is 540 g/mol. The number of aryl methyl sites for hydroxylation is 1. The Labute approximate surface area is 231 Å². The topological polar surface area (TPSA) is 66.5 Å². The Balaban J connectivity index is 1.28. The smallest absolute Gasteiger partial charge is 0.244 e. The van der Waals surface area contributed by atoms with Crippen LogP contribution in [0.4, 0.5) is 0 Å². The second-order valence-electron chi connectivity index (χ2n) is 10.7. The van der Waals surface area contributed by atoms with Crippen molar-refractivity contribution in [2.75, 3.05) is 6.54 Å². The molecule has 202 valence electrons. The molecule has 0 heterocycles. The van der Waals surface area contributed by atoms with Crippen LogP contribution in [0.1, 0.15) is 42.4 Å². The summed E-state index contributed by atoms with van der Waals surface area (Å²) < 4.78 is 29.8. The molecule has 1 aliphatic carbocycles. The number of hydrogen-bond donors (Lipinski definition) is 1. The zero-order valence-electron chi connectivity index (χ0n) is 22.4. The third-order valence-corrected chi connectivity index (χ3v) is 9.71. The van der Waals surface area contributed by atoms with Crippen molar-refractivity contribution in [3.05, 3.63) is 114 Å². The zero-order chi connectivity index (χ0) is 27.2. The highest BCUT2D eigenvalue weighted by Crippen LogP contribution is 2.33. The highest BCUT2D eigenvalue weighted by atomic mass is 32.2. The lowest BCUT2D eigenvalue weighted by molar-refractivity contribution is -0.126. The molecule has 0 spiro atoms. The molecule has 1 N–H and O–H groups in total. The summed E-state index contributed by atoms with van der Waals surface area (Å²) in [5.41, 5.74) is 3.26. The van der Waals surface area contributed by atoms with Crippen molar-refractivity contribution < 1.29 is 13.2 Å². The SMILES string of the molecule is Cc1ccc(CNC(=O)C2CCC(CN(Cc3ccccc3)S(=O)(=O)c3cccc4ccccc34)CC2)cc1. The average Bonchev–Trinajstić information content (AvgIpc) is 2.97. The number of sulfonamides is 1. The van der Waals surface area contributed by atoms with Gasteiger partial charge in [0.1, 0.15) is 0 Å². The third-order valence-electron chi connectivity index (χ3n) is 7.84. The van der Waals surface area contributed by atoms with Gasteiger partial charge >= 0.3 is 0 Å². The fraction of sp³-hybridized carbons (Fsp3) is 0.303. The van der Waals surface area contributed by atoms with E-state index < -0.39 is 10.0 Å². The summed E-state index contributed by atoms with van der Waals surface area (Å²) in [5, 5.41) is 4.75. The Bertz CT molecular complexity index is 1500. The lowest BCUT2D eigenvalue weighted by atomic mass is 9.81. The first-order valence-corrected chi connectivity index (χ1v) is 15.2. The first-order valence-electron chi connectivity index (χ1n) is 13.8. The molecule has 0 aromatic heterocycles. The third kappa shape index (κ3) is 6.57. The predicted octanol–water partition coefficient (Wildman–Crippen LogP) is 6.46. The number of carbonyl (C=O) groups is 1. The maximum Gasteiger partial charge on any atom is 0.244 e. The number of benzene rings is 4. The Hall–Kier alpha value is -3.48. The van der Waals surface area contributed by atoms with Crippen molar-refractivity contribution in [1.29, 1.82) is 0 Å². The fourth-order valence-electron chi connectivity index (χ4n) is 5.53. The van der Waals surface area contributed by atoms with Gasteiger partial charge in [0.2, 0.25) is 15.9 Å². The van der Waals surface area contributed by atoms with Gasteiger partial charge < -0.3 is 5.32 Å². The van der Waals surface area contributed by atoms with E-state index in [2.05, 4.69) is 24.4 Å². The largest absolute Gasteiger partial charge is 0.352 e. The molecule has 0 saturated heterocycles. The van der Waals surface area contributed by atoms with E-state index in [4.69, 9.17) is 0 Å². The van der Waals surface area contributed by atoms with Crippen molar-refractivity contribution in [2.45, 2.75) is 50.6 Å².